The normalized spacial score (nSPS) is 16.1. The number of nitrogens with one attached hydrogen (secondary N) is 2. The molecule has 0 saturated carbocycles. The number of hydrogen-bond donors (Lipinski definition) is 3. The number of carbonyl (C=O) groups is 3. The number of nitrogens with zero attached hydrogens (tertiary/aromatic N) is 4. The molecule has 3 aromatic carbocycles. The van der Waals surface area contributed by atoms with Gasteiger partial charge in [0.25, 0.3) is 0 Å². The van der Waals surface area contributed by atoms with Crippen LogP contribution >= 0.6 is 23.2 Å². The molecule has 220 valence electrons. The Balaban J connectivity index is 1.44. The minimum Gasteiger partial charge on any atom is -0.315 e. The quantitative estimate of drug-likeness (QED) is 0.104. The predicted molar refractivity (Wildman–Crippen MR) is 164 cm³/mol. The van der Waals surface area contributed by atoms with Crippen LogP contribution in [0.25, 0.3) is 0 Å². The Bertz CT molecular complexity index is 1450. The number of hydrazone groups is 1. The van der Waals surface area contributed by atoms with Gasteiger partial charge in [0.1, 0.15) is 0 Å². The van der Waals surface area contributed by atoms with E-state index >= 15 is 0 Å². The number of benzene rings is 3. The number of rotatable bonds is 10. The van der Waals surface area contributed by atoms with E-state index in [1.807, 2.05) is 30.3 Å². The fourth-order valence-electron chi connectivity index (χ4n) is 4.79. The summed E-state index contributed by atoms with van der Waals surface area (Å²) in [4.78, 5) is 42.1. The molecule has 0 spiro atoms. The number of amides is 5. The van der Waals surface area contributed by atoms with E-state index in [1.54, 1.807) is 73.5 Å². The lowest BCUT2D eigenvalue weighted by atomic mass is 9.99. The molecule has 3 N–H and O–H groups in total. The fraction of sp³-hybridized carbons (Fsp3) is 0.267. The zero-order chi connectivity index (χ0) is 30.3. The third-order valence-electron chi connectivity index (χ3n) is 6.85. The average molecular weight is 612 g/mol. The lowest BCUT2D eigenvalue weighted by molar-refractivity contribution is -0.121. The summed E-state index contributed by atoms with van der Waals surface area (Å²) >= 11 is 12.3. The highest BCUT2D eigenvalue weighted by Crippen LogP contribution is 2.39. The summed E-state index contributed by atoms with van der Waals surface area (Å²) < 4.78 is 0. The summed E-state index contributed by atoms with van der Waals surface area (Å²) in [5, 5.41) is 19.1. The van der Waals surface area contributed by atoms with E-state index in [0.717, 1.165) is 5.56 Å². The Morgan fingerprint density at radius 3 is 2.38 bits per heavy atom. The van der Waals surface area contributed by atoms with Gasteiger partial charge in [-0.05, 0) is 68.7 Å². The number of hydroxylamine groups is 2. The maximum Gasteiger partial charge on any atom is 0.347 e. The van der Waals surface area contributed by atoms with Crippen molar-refractivity contribution in [2.45, 2.75) is 44.8 Å². The first-order valence-electron chi connectivity index (χ1n) is 13.4. The fourth-order valence-corrected chi connectivity index (χ4v) is 5.17. The van der Waals surface area contributed by atoms with Gasteiger partial charge in [0, 0.05) is 34.4 Å². The highest BCUT2D eigenvalue weighted by Gasteiger charge is 2.55. The van der Waals surface area contributed by atoms with Gasteiger partial charge in [-0.1, -0.05) is 65.7 Å². The predicted octanol–water partition coefficient (Wildman–Crippen LogP) is 6.58. The van der Waals surface area contributed by atoms with Crippen LogP contribution in [0.3, 0.4) is 0 Å². The summed E-state index contributed by atoms with van der Waals surface area (Å²) in [6.45, 7) is 3.81. The maximum atomic E-state index is 13.8. The second kappa shape index (κ2) is 13.7. The Labute approximate surface area is 254 Å². The minimum absolute atomic E-state index is 0.212. The van der Waals surface area contributed by atoms with Gasteiger partial charge in [0.05, 0.1) is 11.8 Å². The number of anilines is 2. The lowest BCUT2D eigenvalue weighted by Crippen LogP contribution is -2.58. The summed E-state index contributed by atoms with van der Waals surface area (Å²) in [5.41, 5.74) is 3.14. The molecule has 4 rings (SSSR count). The minimum atomic E-state index is -1.11. The van der Waals surface area contributed by atoms with Crippen molar-refractivity contribution in [2.24, 2.45) is 5.10 Å². The smallest absolute Gasteiger partial charge is 0.315 e. The first-order chi connectivity index (χ1) is 20.1. The highest BCUT2D eigenvalue weighted by molar-refractivity contribution is 6.31. The van der Waals surface area contributed by atoms with Gasteiger partial charge in [0.2, 0.25) is 5.91 Å². The molecule has 1 heterocycles. The van der Waals surface area contributed by atoms with Gasteiger partial charge in [-0.2, -0.15) is 10.2 Å². The number of carbonyl (C=O) groups excluding carboxylic acids is 3. The molecule has 5 amide bonds. The summed E-state index contributed by atoms with van der Waals surface area (Å²) in [7, 11) is 0. The molecular weight excluding hydrogens is 579 g/mol. The molecule has 0 radical (unpaired) electrons. The van der Waals surface area contributed by atoms with Crippen LogP contribution in [0.5, 0.6) is 0 Å². The van der Waals surface area contributed by atoms with Crippen LogP contribution in [-0.4, -0.2) is 57.6 Å². The molecule has 0 aromatic heterocycles. The molecule has 1 aliphatic rings. The first-order valence-corrected chi connectivity index (χ1v) is 14.1. The monoisotopic (exact) mass is 610 g/mol. The van der Waals surface area contributed by atoms with E-state index in [4.69, 9.17) is 23.2 Å². The molecule has 1 saturated heterocycles. The van der Waals surface area contributed by atoms with Crippen LogP contribution in [0.4, 0.5) is 21.0 Å². The van der Waals surface area contributed by atoms with E-state index < -0.39 is 23.8 Å². The Morgan fingerprint density at radius 2 is 1.69 bits per heavy atom. The van der Waals surface area contributed by atoms with E-state index in [0.29, 0.717) is 39.3 Å². The first kappa shape index (κ1) is 30.8. The van der Waals surface area contributed by atoms with Crippen LogP contribution in [-0.2, 0) is 4.79 Å². The van der Waals surface area contributed by atoms with E-state index in [2.05, 4.69) is 15.8 Å². The van der Waals surface area contributed by atoms with Gasteiger partial charge >= 0.3 is 12.1 Å². The van der Waals surface area contributed by atoms with Gasteiger partial charge < -0.3 is 10.2 Å². The third kappa shape index (κ3) is 7.39. The van der Waals surface area contributed by atoms with Crippen LogP contribution in [0, 0.1) is 0 Å². The Morgan fingerprint density at radius 1 is 1.00 bits per heavy atom. The average Bonchev–Trinajstić information content (AvgIpc) is 3.15. The van der Waals surface area contributed by atoms with Gasteiger partial charge in [-0.15, -0.1) is 0 Å². The largest absolute Gasteiger partial charge is 0.347 e. The van der Waals surface area contributed by atoms with Crippen LogP contribution in [0.1, 0.15) is 38.7 Å². The number of halogens is 2. The molecular formula is C30H32Cl2N6O4. The van der Waals surface area contributed by atoms with Crippen molar-refractivity contribution in [3.63, 3.8) is 0 Å². The molecule has 0 unspecified atom stereocenters. The molecule has 1 aliphatic heterocycles. The number of hydrogen-bond acceptors (Lipinski definition) is 5. The second-order valence-corrected chi connectivity index (χ2v) is 11.1. The summed E-state index contributed by atoms with van der Waals surface area (Å²) in [6.07, 6.45) is 1.66. The van der Waals surface area contributed by atoms with Gasteiger partial charge in [-0.3, -0.25) is 14.9 Å². The molecule has 1 fully saturated rings. The van der Waals surface area contributed by atoms with Crippen LogP contribution in [0.15, 0.2) is 84.0 Å². The number of unbranched alkanes of at least 4 members (excludes halogenated alkanes) is 1. The highest BCUT2D eigenvalue weighted by atomic mass is 35.5. The van der Waals surface area contributed by atoms with Crippen molar-refractivity contribution in [1.29, 1.82) is 0 Å². The molecule has 1 atom stereocenters. The van der Waals surface area contributed by atoms with Crippen LogP contribution in [0.2, 0.25) is 10.0 Å². The Hall–Kier alpha value is -4.12. The maximum absolute atomic E-state index is 13.8. The molecule has 0 bridgehead atoms. The van der Waals surface area contributed by atoms with Crippen molar-refractivity contribution in [3.05, 3.63) is 94.5 Å². The molecule has 12 heteroatoms. The molecule has 42 heavy (non-hydrogen) atoms. The van der Waals surface area contributed by atoms with Crippen molar-refractivity contribution < 1.29 is 19.6 Å². The Kier molecular flexibility index (Phi) is 10.1. The molecule has 10 nitrogen and oxygen atoms in total. The van der Waals surface area contributed by atoms with Crippen molar-refractivity contribution in [2.75, 3.05) is 16.8 Å². The summed E-state index contributed by atoms with van der Waals surface area (Å²) in [6, 6.07) is 21.3. The number of urea groups is 2. The molecule has 3 aromatic rings. The standard InChI is InChI=1S/C30H32Cl2N6O4/c1-30(2)27(38(42)28(40)34-24-14-8-12-22(31)18-24)37(25-15-9-13-23(32)19-25)29(41)36(30)17-7-6-16-26(39)35-33-20-21-10-4-3-5-11-21/h3-5,8-15,18-20,27,42H,6-7,16-17H2,1-2H3,(H,34,40)(H,35,39)/b33-20+/t27-/m0/s1. The van der Waals surface area contributed by atoms with Gasteiger partial charge in [-0.25, -0.2) is 15.0 Å². The van der Waals surface area contributed by atoms with Crippen LogP contribution < -0.4 is 15.6 Å². The zero-order valence-corrected chi connectivity index (χ0v) is 24.7. The van der Waals surface area contributed by atoms with E-state index in [-0.39, 0.29) is 18.9 Å². The van der Waals surface area contributed by atoms with Crippen molar-refractivity contribution >= 4 is 58.8 Å². The van der Waals surface area contributed by atoms with E-state index in [9.17, 15) is 19.6 Å². The van der Waals surface area contributed by atoms with Crippen molar-refractivity contribution in [1.82, 2.24) is 15.4 Å². The topological polar surface area (TPSA) is 118 Å². The SMILES string of the molecule is CC1(C)[C@H](N(O)C(=O)Nc2cccc(Cl)c2)N(c2cccc(Cl)c2)C(=O)N1CCCCC(=O)N/N=C/c1ccccc1. The third-order valence-corrected chi connectivity index (χ3v) is 7.32. The summed E-state index contributed by atoms with van der Waals surface area (Å²) in [5.74, 6) is -0.244. The van der Waals surface area contributed by atoms with Gasteiger partial charge in [0.15, 0.2) is 6.17 Å². The zero-order valence-electron chi connectivity index (χ0n) is 23.2. The molecule has 0 aliphatic carbocycles. The lowest BCUT2D eigenvalue weighted by Gasteiger charge is -2.38. The van der Waals surface area contributed by atoms with E-state index in [1.165, 1.54) is 4.90 Å². The second-order valence-electron chi connectivity index (χ2n) is 10.3. The van der Waals surface area contributed by atoms with Crippen molar-refractivity contribution in [3.8, 4) is 0 Å².